The van der Waals surface area contributed by atoms with Crippen LogP contribution < -0.4 is 10.0 Å². The summed E-state index contributed by atoms with van der Waals surface area (Å²) in [6.45, 7) is 3.96. The van der Waals surface area contributed by atoms with E-state index in [1.54, 1.807) is 48.5 Å². The molecule has 0 aliphatic carbocycles. The molecule has 0 aliphatic heterocycles. The normalized spacial score (nSPS) is 12.5. The number of nitrogens with one attached hydrogen (secondary N) is 2. The van der Waals surface area contributed by atoms with Gasteiger partial charge in [0.05, 0.1) is 16.9 Å². The first-order valence-corrected chi connectivity index (χ1v) is 10.4. The van der Waals surface area contributed by atoms with Crippen LogP contribution in [0.25, 0.3) is 10.8 Å². The minimum absolute atomic E-state index is 0.0320. The SMILES string of the molecule is CCC(C)Nc1ccccc1S(=O)(=O)Nc1ccc2ccccc2c1C(=O)O. The number of hydrogen-bond acceptors (Lipinski definition) is 4. The Kier molecular flexibility index (Phi) is 5.56. The van der Waals surface area contributed by atoms with Gasteiger partial charge >= 0.3 is 5.97 Å². The van der Waals surface area contributed by atoms with Crippen LogP contribution in [-0.2, 0) is 10.0 Å². The highest BCUT2D eigenvalue weighted by atomic mass is 32.2. The van der Waals surface area contributed by atoms with Gasteiger partial charge in [-0.1, -0.05) is 49.4 Å². The summed E-state index contributed by atoms with van der Waals surface area (Å²) in [6.07, 6.45) is 0.829. The van der Waals surface area contributed by atoms with E-state index in [1.807, 2.05) is 13.8 Å². The van der Waals surface area contributed by atoms with Crippen molar-refractivity contribution < 1.29 is 18.3 Å². The number of para-hydroxylation sites is 1. The highest BCUT2D eigenvalue weighted by Gasteiger charge is 2.23. The minimum atomic E-state index is -4.00. The number of carbonyl (C=O) groups is 1. The molecule has 0 saturated carbocycles. The number of anilines is 2. The Morgan fingerprint density at radius 1 is 1.00 bits per heavy atom. The van der Waals surface area contributed by atoms with Crippen molar-refractivity contribution in [3.63, 3.8) is 0 Å². The zero-order chi connectivity index (χ0) is 20.3. The van der Waals surface area contributed by atoms with Gasteiger partial charge in [0.1, 0.15) is 4.90 Å². The van der Waals surface area contributed by atoms with E-state index in [9.17, 15) is 18.3 Å². The number of benzene rings is 3. The number of fused-ring (bicyclic) bond motifs is 1. The zero-order valence-corrected chi connectivity index (χ0v) is 16.5. The van der Waals surface area contributed by atoms with E-state index in [0.29, 0.717) is 11.1 Å². The van der Waals surface area contributed by atoms with Crippen LogP contribution in [0.1, 0.15) is 30.6 Å². The molecular formula is C21H22N2O4S. The lowest BCUT2D eigenvalue weighted by Gasteiger charge is -2.18. The van der Waals surface area contributed by atoms with Crippen LogP contribution in [-0.4, -0.2) is 25.5 Å². The highest BCUT2D eigenvalue weighted by Crippen LogP contribution is 2.30. The predicted octanol–water partition coefficient (Wildman–Crippen LogP) is 4.55. The molecule has 1 unspecified atom stereocenters. The fourth-order valence-corrected chi connectivity index (χ4v) is 4.22. The summed E-state index contributed by atoms with van der Waals surface area (Å²) in [5, 5.41) is 14.1. The number of sulfonamides is 1. The molecule has 0 saturated heterocycles. The van der Waals surface area contributed by atoms with Gasteiger partial charge in [0.2, 0.25) is 0 Å². The number of carboxylic acid groups (broad SMARTS) is 1. The molecule has 0 fully saturated rings. The molecule has 1 atom stereocenters. The van der Waals surface area contributed by atoms with Gasteiger partial charge in [0.15, 0.2) is 0 Å². The van der Waals surface area contributed by atoms with E-state index in [1.165, 1.54) is 12.1 Å². The van der Waals surface area contributed by atoms with Gasteiger partial charge in [0.25, 0.3) is 10.0 Å². The van der Waals surface area contributed by atoms with Crippen LogP contribution in [0.3, 0.4) is 0 Å². The Bertz CT molecular complexity index is 1130. The first-order chi connectivity index (χ1) is 13.3. The van der Waals surface area contributed by atoms with E-state index in [2.05, 4.69) is 10.0 Å². The maximum Gasteiger partial charge on any atom is 0.338 e. The quantitative estimate of drug-likeness (QED) is 0.543. The van der Waals surface area contributed by atoms with Crippen molar-refractivity contribution in [3.8, 4) is 0 Å². The van der Waals surface area contributed by atoms with Gasteiger partial charge in [0, 0.05) is 6.04 Å². The molecule has 3 rings (SSSR count). The standard InChI is InChI=1S/C21H22N2O4S/c1-3-14(2)22-17-10-6-7-11-19(17)28(26,27)23-18-13-12-15-8-4-5-9-16(15)20(18)21(24)25/h4-14,22-23H,3H2,1-2H3,(H,24,25). The number of aromatic carboxylic acids is 1. The third-order valence-corrected chi connectivity index (χ3v) is 6.00. The van der Waals surface area contributed by atoms with E-state index < -0.39 is 16.0 Å². The molecular weight excluding hydrogens is 376 g/mol. The maximum absolute atomic E-state index is 13.1. The van der Waals surface area contributed by atoms with Crippen LogP contribution in [0.15, 0.2) is 65.6 Å². The summed E-state index contributed by atoms with van der Waals surface area (Å²) in [5.41, 5.74) is 0.431. The van der Waals surface area contributed by atoms with Crippen molar-refractivity contribution in [1.82, 2.24) is 0 Å². The summed E-state index contributed by atoms with van der Waals surface area (Å²) in [7, 11) is -4.00. The van der Waals surface area contributed by atoms with Gasteiger partial charge in [-0.25, -0.2) is 13.2 Å². The molecule has 0 heterocycles. The van der Waals surface area contributed by atoms with Crippen LogP contribution >= 0.6 is 0 Å². The Labute approximate surface area is 164 Å². The average molecular weight is 398 g/mol. The van der Waals surface area contributed by atoms with Crippen molar-refractivity contribution in [2.45, 2.75) is 31.2 Å². The van der Waals surface area contributed by atoms with Crippen LogP contribution in [0.4, 0.5) is 11.4 Å². The lowest BCUT2D eigenvalue weighted by Crippen LogP contribution is -2.20. The molecule has 0 spiro atoms. The molecule has 3 aromatic carbocycles. The largest absolute Gasteiger partial charge is 0.478 e. The summed E-state index contributed by atoms with van der Waals surface area (Å²) < 4.78 is 28.6. The van der Waals surface area contributed by atoms with E-state index in [0.717, 1.165) is 11.8 Å². The van der Waals surface area contributed by atoms with Crippen LogP contribution in [0.2, 0.25) is 0 Å². The first-order valence-electron chi connectivity index (χ1n) is 8.97. The molecule has 0 aliphatic rings. The van der Waals surface area contributed by atoms with E-state index in [-0.39, 0.29) is 22.2 Å². The zero-order valence-electron chi connectivity index (χ0n) is 15.6. The first kappa shape index (κ1) is 19.7. The van der Waals surface area contributed by atoms with Crippen LogP contribution in [0.5, 0.6) is 0 Å². The molecule has 0 bridgehead atoms. The third-order valence-electron chi connectivity index (χ3n) is 4.58. The van der Waals surface area contributed by atoms with Gasteiger partial charge in [-0.15, -0.1) is 0 Å². The van der Waals surface area contributed by atoms with Gasteiger partial charge in [-0.3, -0.25) is 4.72 Å². The van der Waals surface area contributed by atoms with Gasteiger partial charge in [-0.05, 0) is 42.3 Å². The summed E-state index contributed by atoms with van der Waals surface area (Å²) in [6, 6.07) is 16.8. The maximum atomic E-state index is 13.1. The van der Waals surface area contributed by atoms with Crippen molar-refractivity contribution >= 4 is 38.1 Å². The molecule has 3 N–H and O–H groups in total. The lowest BCUT2D eigenvalue weighted by molar-refractivity contribution is 0.0700. The Morgan fingerprint density at radius 2 is 1.68 bits per heavy atom. The molecule has 146 valence electrons. The van der Waals surface area contributed by atoms with Gasteiger partial charge < -0.3 is 10.4 Å². The van der Waals surface area contributed by atoms with E-state index >= 15 is 0 Å². The number of carboxylic acids is 1. The fraction of sp³-hybridized carbons (Fsp3) is 0.190. The topological polar surface area (TPSA) is 95.5 Å². The highest BCUT2D eigenvalue weighted by molar-refractivity contribution is 7.92. The molecule has 0 amide bonds. The second-order valence-electron chi connectivity index (χ2n) is 6.57. The summed E-state index contributed by atoms with van der Waals surface area (Å²) >= 11 is 0. The van der Waals surface area contributed by atoms with Crippen molar-refractivity contribution in [2.75, 3.05) is 10.0 Å². The smallest absolute Gasteiger partial charge is 0.338 e. The van der Waals surface area contributed by atoms with Crippen molar-refractivity contribution in [2.24, 2.45) is 0 Å². The summed E-state index contributed by atoms with van der Waals surface area (Å²) in [4.78, 5) is 11.9. The summed E-state index contributed by atoms with van der Waals surface area (Å²) in [5.74, 6) is -1.19. The Morgan fingerprint density at radius 3 is 2.39 bits per heavy atom. The molecule has 0 aromatic heterocycles. The second-order valence-corrected chi connectivity index (χ2v) is 8.22. The monoisotopic (exact) mass is 398 g/mol. The van der Waals surface area contributed by atoms with E-state index in [4.69, 9.17) is 0 Å². The molecule has 6 nitrogen and oxygen atoms in total. The minimum Gasteiger partial charge on any atom is -0.478 e. The number of rotatable bonds is 7. The predicted molar refractivity (Wildman–Crippen MR) is 112 cm³/mol. The fourth-order valence-electron chi connectivity index (χ4n) is 2.97. The van der Waals surface area contributed by atoms with Gasteiger partial charge in [-0.2, -0.15) is 0 Å². The molecule has 3 aromatic rings. The van der Waals surface area contributed by atoms with Crippen molar-refractivity contribution in [1.29, 1.82) is 0 Å². The average Bonchev–Trinajstić information content (AvgIpc) is 2.67. The number of hydrogen-bond donors (Lipinski definition) is 3. The second kappa shape index (κ2) is 7.90. The molecule has 0 radical (unpaired) electrons. The van der Waals surface area contributed by atoms with Crippen LogP contribution in [0, 0.1) is 0 Å². The lowest BCUT2D eigenvalue weighted by atomic mass is 10.0. The third kappa shape index (κ3) is 3.94. The molecule has 28 heavy (non-hydrogen) atoms. The van der Waals surface area contributed by atoms with Crippen molar-refractivity contribution in [3.05, 3.63) is 66.2 Å². The Hall–Kier alpha value is -3.06. The Balaban J connectivity index is 2.07. The molecule has 7 heteroatoms.